The fourth-order valence-electron chi connectivity index (χ4n) is 2.25. The molecule has 126 valence electrons. The minimum Gasteiger partial charge on any atom is -0.368 e. The van der Waals surface area contributed by atoms with Crippen molar-refractivity contribution >= 4 is 49.9 Å². The lowest BCUT2D eigenvalue weighted by molar-refractivity contribution is 0.446. The van der Waals surface area contributed by atoms with Gasteiger partial charge in [0.25, 0.3) is 0 Å². The molecule has 1 N–H and O–H groups in total. The largest absolute Gasteiger partial charge is 0.368 e. The summed E-state index contributed by atoms with van der Waals surface area (Å²) in [5.41, 5.74) is 0.642. The molecule has 0 aliphatic heterocycles. The Hall–Kier alpha value is -1.15. The molecule has 1 heterocycles. The normalized spacial score (nSPS) is 12.0. The van der Waals surface area contributed by atoms with Crippen molar-refractivity contribution in [3.05, 3.63) is 28.5 Å². The molecule has 6 nitrogen and oxygen atoms in total. The number of hydrogen-bond acceptors (Lipinski definition) is 5. The molecule has 0 amide bonds. The van der Waals surface area contributed by atoms with Gasteiger partial charge in [0.05, 0.1) is 11.3 Å². The van der Waals surface area contributed by atoms with Gasteiger partial charge in [0, 0.05) is 30.0 Å². The second-order valence-electron chi connectivity index (χ2n) is 4.83. The van der Waals surface area contributed by atoms with Crippen molar-refractivity contribution in [3.63, 3.8) is 0 Å². The van der Waals surface area contributed by atoms with Crippen LogP contribution in [0.15, 0.2) is 18.2 Å². The zero-order chi connectivity index (χ0) is 17.0. The summed E-state index contributed by atoms with van der Waals surface area (Å²) < 4.78 is 25.8. The molecule has 2 rings (SSSR count). The van der Waals surface area contributed by atoms with E-state index in [1.807, 2.05) is 13.8 Å². The van der Waals surface area contributed by atoms with E-state index in [0.29, 0.717) is 34.8 Å². The van der Waals surface area contributed by atoms with Crippen molar-refractivity contribution in [2.45, 2.75) is 13.8 Å². The average Bonchev–Trinajstić information content (AvgIpc) is 2.48. The van der Waals surface area contributed by atoms with Crippen LogP contribution in [0.5, 0.6) is 0 Å². The summed E-state index contributed by atoms with van der Waals surface area (Å²) in [5.74, 6) is 0.440. The number of anilines is 1. The molecule has 0 saturated heterocycles. The van der Waals surface area contributed by atoms with Gasteiger partial charge >= 0.3 is 0 Å². The summed E-state index contributed by atoms with van der Waals surface area (Å²) in [6, 6.07) is 5.17. The van der Waals surface area contributed by atoms with Crippen molar-refractivity contribution < 1.29 is 8.42 Å². The van der Waals surface area contributed by atoms with Crippen LogP contribution < -0.4 is 5.32 Å². The van der Waals surface area contributed by atoms with E-state index < -0.39 is 10.0 Å². The maximum Gasteiger partial charge on any atom is 0.224 e. The molecule has 0 fully saturated rings. The zero-order valence-electron chi connectivity index (χ0n) is 12.9. The van der Waals surface area contributed by atoms with Gasteiger partial charge < -0.3 is 5.32 Å². The molecular formula is C14H18Cl2N4O2S. The quantitative estimate of drug-likeness (QED) is 0.751. The monoisotopic (exact) mass is 376 g/mol. The first-order valence-electron chi connectivity index (χ1n) is 7.22. The lowest BCUT2D eigenvalue weighted by Crippen LogP contribution is -2.34. The SMILES string of the molecule is CCN(CC)S(=O)(=O)CCNc1nc(Cl)nc2ccc(Cl)cc12. The first-order valence-corrected chi connectivity index (χ1v) is 9.58. The first-order chi connectivity index (χ1) is 10.9. The number of rotatable bonds is 7. The molecular weight excluding hydrogens is 359 g/mol. The highest BCUT2D eigenvalue weighted by Gasteiger charge is 2.18. The van der Waals surface area contributed by atoms with Crippen LogP contribution in [0, 0.1) is 0 Å². The molecule has 1 aromatic carbocycles. The van der Waals surface area contributed by atoms with Gasteiger partial charge in [0.2, 0.25) is 15.3 Å². The third kappa shape index (κ3) is 4.44. The van der Waals surface area contributed by atoms with Gasteiger partial charge in [-0.05, 0) is 29.8 Å². The molecule has 0 atom stereocenters. The predicted molar refractivity (Wildman–Crippen MR) is 94.8 cm³/mol. The summed E-state index contributed by atoms with van der Waals surface area (Å²) in [5, 5.41) is 4.35. The topological polar surface area (TPSA) is 75.2 Å². The van der Waals surface area contributed by atoms with E-state index in [-0.39, 0.29) is 17.6 Å². The second-order valence-corrected chi connectivity index (χ2v) is 7.69. The highest BCUT2D eigenvalue weighted by atomic mass is 35.5. The fraction of sp³-hybridized carbons (Fsp3) is 0.429. The number of benzene rings is 1. The smallest absolute Gasteiger partial charge is 0.224 e. The van der Waals surface area contributed by atoms with Gasteiger partial charge in [0.15, 0.2) is 0 Å². The second kappa shape index (κ2) is 7.61. The summed E-state index contributed by atoms with van der Waals surface area (Å²) in [7, 11) is -3.30. The van der Waals surface area contributed by atoms with Crippen molar-refractivity contribution in [2.24, 2.45) is 0 Å². The van der Waals surface area contributed by atoms with Crippen molar-refractivity contribution in [3.8, 4) is 0 Å². The molecule has 1 aromatic heterocycles. The van der Waals surface area contributed by atoms with E-state index in [0.717, 1.165) is 0 Å². The van der Waals surface area contributed by atoms with Gasteiger partial charge in [-0.15, -0.1) is 0 Å². The first kappa shape index (κ1) is 18.2. The molecule has 0 saturated carbocycles. The van der Waals surface area contributed by atoms with Crippen LogP contribution in [0.2, 0.25) is 10.3 Å². The molecule has 0 spiro atoms. The Morgan fingerprint density at radius 3 is 2.52 bits per heavy atom. The van der Waals surface area contributed by atoms with Crippen LogP contribution in [0.25, 0.3) is 10.9 Å². The van der Waals surface area contributed by atoms with Crippen LogP contribution in [0.3, 0.4) is 0 Å². The van der Waals surface area contributed by atoms with Crippen LogP contribution >= 0.6 is 23.2 Å². The van der Waals surface area contributed by atoms with Gasteiger partial charge in [-0.1, -0.05) is 25.4 Å². The summed E-state index contributed by atoms with van der Waals surface area (Å²) >= 11 is 11.9. The van der Waals surface area contributed by atoms with Gasteiger partial charge in [-0.25, -0.2) is 22.7 Å². The molecule has 23 heavy (non-hydrogen) atoms. The van der Waals surface area contributed by atoms with Crippen molar-refractivity contribution in [2.75, 3.05) is 30.7 Å². The summed E-state index contributed by atoms with van der Waals surface area (Å²) in [4.78, 5) is 8.24. The number of fused-ring (bicyclic) bond motifs is 1. The van der Waals surface area contributed by atoms with E-state index in [9.17, 15) is 8.42 Å². The minimum atomic E-state index is -3.30. The third-order valence-corrected chi connectivity index (χ3v) is 5.81. The lowest BCUT2D eigenvalue weighted by Gasteiger charge is -2.18. The van der Waals surface area contributed by atoms with E-state index in [1.54, 1.807) is 18.2 Å². The summed E-state index contributed by atoms with van der Waals surface area (Å²) in [6.45, 7) is 4.75. The van der Waals surface area contributed by atoms with Crippen LogP contribution in [-0.4, -0.2) is 48.1 Å². The Balaban J connectivity index is 2.18. The Bertz CT molecular complexity index is 795. The van der Waals surface area contributed by atoms with Crippen LogP contribution in [-0.2, 0) is 10.0 Å². The number of nitrogens with zero attached hydrogens (tertiary/aromatic N) is 3. The van der Waals surface area contributed by atoms with Crippen LogP contribution in [0.4, 0.5) is 5.82 Å². The van der Waals surface area contributed by atoms with Crippen molar-refractivity contribution in [1.29, 1.82) is 0 Å². The molecule has 0 aliphatic carbocycles. The molecule has 0 bridgehead atoms. The Labute approximate surface area is 145 Å². The number of nitrogens with one attached hydrogen (secondary N) is 1. The minimum absolute atomic E-state index is 0.0294. The standard InChI is InChI=1S/C14H18Cl2N4O2S/c1-3-20(4-2)23(21,22)8-7-17-13-11-9-10(15)5-6-12(11)18-14(16)19-13/h5-6,9H,3-4,7-8H2,1-2H3,(H,17,18,19). The van der Waals surface area contributed by atoms with Gasteiger partial charge in [0.1, 0.15) is 5.82 Å². The van der Waals surface area contributed by atoms with Gasteiger partial charge in [-0.2, -0.15) is 0 Å². The Morgan fingerprint density at radius 2 is 1.87 bits per heavy atom. The molecule has 0 radical (unpaired) electrons. The molecule has 0 unspecified atom stereocenters. The van der Waals surface area contributed by atoms with E-state index >= 15 is 0 Å². The van der Waals surface area contributed by atoms with E-state index in [4.69, 9.17) is 23.2 Å². The zero-order valence-corrected chi connectivity index (χ0v) is 15.2. The maximum atomic E-state index is 12.2. The third-order valence-electron chi connectivity index (χ3n) is 3.38. The van der Waals surface area contributed by atoms with E-state index in [1.165, 1.54) is 4.31 Å². The van der Waals surface area contributed by atoms with Crippen LogP contribution in [0.1, 0.15) is 13.8 Å². The molecule has 9 heteroatoms. The van der Waals surface area contributed by atoms with E-state index in [2.05, 4.69) is 15.3 Å². The number of sulfonamides is 1. The predicted octanol–water partition coefficient (Wildman–Crippen LogP) is 3.02. The highest BCUT2D eigenvalue weighted by Crippen LogP contribution is 2.25. The number of hydrogen-bond donors (Lipinski definition) is 1. The van der Waals surface area contributed by atoms with Crippen molar-refractivity contribution in [1.82, 2.24) is 14.3 Å². The summed E-state index contributed by atoms with van der Waals surface area (Å²) in [6.07, 6.45) is 0. The lowest BCUT2D eigenvalue weighted by atomic mass is 10.2. The maximum absolute atomic E-state index is 12.2. The Kier molecular flexibility index (Phi) is 6.02. The fourth-order valence-corrected chi connectivity index (χ4v) is 4.00. The number of halogens is 2. The highest BCUT2D eigenvalue weighted by molar-refractivity contribution is 7.89. The Morgan fingerprint density at radius 1 is 1.17 bits per heavy atom. The molecule has 2 aromatic rings. The average molecular weight is 377 g/mol. The molecule has 0 aliphatic rings. The number of aromatic nitrogens is 2. The van der Waals surface area contributed by atoms with Gasteiger partial charge in [-0.3, -0.25) is 0 Å².